The van der Waals surface area contributed by atoms with Crippen LogP contribution in [0.15, 0.2) is 85.3 Å². The van der Waals surface area contributed by atoms with E-state index >= 15 is 0 Å². The summed E-state index contributed by atoms with van der Waals surface area (Å²) in [6.45, 7) is 0. The first-order valence-corrected chi connectivity index (χ1v) is 10.0. The zero-order valence-corrected chi connectivity index (χ0v) is 17.0. The highest BCUT2D eigenvalue weighted by Gasteiger charge is 2.32. The Hall–Kier alpha value is -3.87. The second-order valence-electron chi connectivity index (χ2n) is 7.35. The summed E-state index contributed by atoms with van der Waals surface area (Å²) >= 11 is 0. The lowest BCUT2D eigenvalue weighted by Crippen LogP contribution is -2.15. The lowest BCUT2D eigenvalue weighted by molar-refractivity contribution is -0.137. The van der Waals surface area contributed by atoms with Crippen LogP contribution in [0.3, 0.4) is 0 Å². The molecule has 0 unspecified atom stereocenters. The topological polar surface area (TPSA) is 57.8 Å². The van der Waals surface area contributed by atoms with E-state index in [0.717, 1.165) is 36.2 Å². The quantitative estimate of drug-likeness (QED) is 0.383. The van der Waals surface area contributed by atoms with Crippen LogP contribution in [0.1, 0.15) is 27.2 Å². The predicted octanol–water partition coefficient (Wildman–Crippen LogP) is 6.13. The van der Waals surface area contributed by atoms with Gasteiger partial charge in [0.1, 0.15) is 0 Å². The molecule has 0 bridgehead atoms. The van der Waals surface area contributed by atoms with Crippen molar-refractivity contribution in [2.75, 3.05) is 5.32 Å². The Balaban J connectivity index is 1.55. The molecule has 1 aromatic heterocycles. The third-order valence-electron chi connectivity index (χ3n) is 5.13. The van der Waals surface area contributed by atoms with Crippen molar-refractivity contribution in [2.24, 2.45) is 0 Å². The van der Waals surface area contributed by atoms with E-state index in [2.05, 4.69) is 15.3 Å². The maximum atomic E-state index is 13.3. The summed E-state index contributed by atoms with van der Waals surface area (Å²) in [4.78, 5) is 20.0. The number of aromatic amines is 1. The van der Waals surface area contributed by atoms with Gasteiger partial charge in [0.2, 0.25) is 0 Å². The number of aromatic nitrogens is 2. The lowest BCUT2D eigenvalue weighted by atomic mass is 9.96. The van der Waals surface area contributed by atoms with E-state index in [9.17, 15) is 18.0 Å². The number of nitrogens with one attached hydrogen (secondary N) is 2. The first kappa shape index (κ1) is 21.4. The van der Waals surface area contributed by atoms with Gasteiger partial charge in [-0.1, -0.05) is 48.5 Å². The molecule has 0 saturated carbocycles. The Bertz CT molecular complexity index is 1190. The minimum Gasteiger partial charge on any atom is -0.348 e. The average Bonchev–Trinajstić information content (AvgIpc) is 3.32. The van der Waals surface area contributed by atoms with Crippen LogP contribution in [0, 0.1) is 0 Å². The zero-order chi connectivity index (χ0) is 22.6. The van der Waals surface area contributed by atoms with Gasteiger partial charge >= 0.3 is 6.18 Å². The summed E-state index contributed by atoms with van der Waals surface area (Å²) in [6.07, 6.45) is 0.457. The molecule has 3 aromatic carbocycles. The largest absolute Gasteiger partial charge is 0.416 e. The van der Waals surface area contributed by atoms with Crippen molar-refractivity contribution in [3.63, 3.8) is 0 Å². The van der Waals surface area contributed by atoms with Crippen molar-refractivity contribution in [1.29, 1.82) is 0 Å². The van der Waals surface area contributed by atoms with E-state index in [-0.39, 0.29) is 5.56 Å². The molecule has 4 rings (SSSR count). The highest BCUT2D eigenvalue weighted by Crippen LogP contribution is 2.33. The number of benzene rings is 3. The van der Waals surface area contributed by atoms with E-state index in [0.29, 0.717) is 16.8 Å². The summed E-state index contributed by atoms with van der Waals surface area (Å²) in [5.41, 5.74) is 2.82. The van der Waals surface area contributed by atoms with Gasteiger partial charge < -0.3 is 10.3 Å². The Morgan fingerprint density at radius 2 is 1.69 bits per heavy atom. The van der Waals surface area contributed by atoms with Crippen molar-refractivity contribution in [3.8, 4) is 11.1 Å². The van der Waals surface area contributed by atoms with E-state index in [4.69, 9.17) is 0 Å². The fourth-order valence-corrected chi connectivity index (χ4v) is 3.43. The number of halogens is 3. The van der Waals surface area contributed by atoms with E-state index in [1.165, 1.54) is 6.07 Å². The SMILES string of the molecule is O=C(Nc1ccc(CCc2cnc[nH]2)cc1)c1cc(C(F)(F)F)ccc1-c1ccccc1. The van der Waals surface area contributed by atoms with Crippen molar-refractivity contribution >= 4 is 11.6 Å². The molecule has 32 heavy (non-hydrogen) atoms. The number of hydrogen-bond acceptors (Lipinski definition) is 2. The molecule has 0 saturated heterocycles. The highest BCUT2D eigenvalue weighted by molar-refractivity contribution is 6.08. The van der Waals surface area contributed by atoms with Crippen molar-refractivity contribution < 1.29 is 18.0 Å². The molecule has 4 aromatic rings. The molecule has 0 radical (unpaired) electrons. The fraction of sp³-hybridized carbons (Fsp3) is 0.120. The number of hydrogen-bond donors (Lipinski definition) is 2. The second kappa shape index (κ2) is 9.09. The first-order valence-electron chi connectivity index (χ1n) is 10.0. The fourth-order valence-electron chi connectivity index (χ4n) is 3.43. The molecule has 0 aliphatic carbocycles. The first-order chi connectivity index (χ1) is 15.4. The monoisotopic (exact) mass is 435 g/mol. The van der Waals surface area contributed by atoms with Gasteiger partial charge in [-0.15, -0.1) is 0 Å². The van der Waals surface area contributed by atoms with Crippen molar-refractivity contribution in [2.45, 2.75) is 19.0 Å². The summed E-state index contributed by atoms with van der Waals surface area (Å²) in [6, 6.07) is 19.4. The Morgan fingerprint density at radius 3 is 2.34 bits per heavy atom. The van der Waals surface area contributed by atoms with Crippen LogP contribution in [0.4, 0.5) is 18.9 Å². The Kier molecular flexibility index (Phi) is 6.07. The molecule has 1 heterocycles. The summed E-state index contributed by atoms with van der Waals surface area (Å²) in [5.74, 6) is -0.597. The number of imidazole rings is 1. The maximum Gasteiger partial charge on any atom is 0.416 e. The highest BCUT2D eigenvalue weighted by atomic mass is 19.4. The minimum absolute atomic E-state index is 0.0330. The van der Waals surface area contributed by atoms with Gasteiger partial charge in [0.05, 0.1) is 11.9 Å². The number of carbonyl (C=O) groups excluding carboxylic acids is 1. The van der Waals surface area contributed by atoms with Crippen LogP contribution in [0.2, 0.25) is 0 Å². The van der Waals surface area contributed by atoms with Crippen LogP contribution in [0.25, 0.3) is 11.1 Å². The standard InChI is InChI=1S/C25H20F3N3O/c26-25(27,28)19-9-13-22(18-4-2-1-3-5-18)23(14-19)24(32)31-20-10-6-17(7-11-20)8-12-21-15-29-16-30-21/h1-7,9-11,13-16H,8,12H2,(H,29,30)(H,31,32). The number of aryl methyl sites for hydroxylation is 2. The molecular formula is C25H20F3N3O. The molecule has 0 aliphatic rings. The van der Waals surface area contributed by atoms with Crippen LogP contribution in [0.5, 0.6) is 0 Å². The summed E-state index contributed by atoms with van der Waals surface area (Å²) in [5, 5.41) is 2.72. The zero-order valence-electron chi connectivity index (χ0n) is 17.0. The summed E-state index contributed by atoms with van der Waals surface area (Å²) in [7, 11) is 0. The van der Waals surface area contributed by atoms with Gasteiger partial charge in [-0.2, -0.15) is 13.2 Å². The second-order valence-corrected chi connectivity index (χ2v) is 7.35. The van der Waals surface area contributed by atoms with E-state index in [1.807, 2.05) is 12.1 Å². The molecular weight excluding hydrogens is 415 g/mol. The number of rotatable bonds is 6. The number of alkyl halides is 3. The molecule has 2 N–H and O–H groups in total. The van der Waals surface area contributed by atoms with Crippen molar-refractivity contribution in [3.05, 3.63) is 108 Å². The molecule has 0 aliphatic heterocycles. The molecule has 4 nitrogen and oxygen atoms in total. The van der Waals surface area contributed by atoms with Gasteiger partial charge in [0.25, 0.3) is 5.91 Å². The molecule has 0 spiro atoms. The number of H-pyrrole nitrogens is 1. The number of amides is 1. The Morgan fingerprint density at radius 1 is 0.938 bits per heavy atom. The number of nitrogens with zero attached hydrogens (tertiary/aromatic N) is 1. The van der Waals surface area contributed by atoms with Crippen molar-refractivity contribution in [1.82, 2.24) is 9.97 Å². The molecule has 0 fully saturated rings. The maximum absolute atomic E-state index is 13.3. The molecule has 0 atom stereocenters. The van der Waals surface area contributed by atoms with Crippen LogP contribution < -0.4 is 5.32 Å². The van der Waals surface area contributed by atoms with Crippen LogP contribution >= 0.6 is 0 Å². The minimum atomic E-state index is -4.54. The lowest BCUT2D eigenvalue weighted by Gasteiger charge is -2.14. The third kappa shape index (κ3) is 5.06. The smallest absolute Gasteiger partial charge is 0.348 e. The van der Waals surface area contributed by atoms with E-state index < -0.39 is 17.6 Å². The Labute approximate surface area is 183 Å². The van der Waals surface area contributed by atoms with Gasteiger partial charge in [-0.25, -0.2) is 4.98 Å². The van der Waals surface area contributed by atoms with Gasteiger partial charge in [0.15, 0.2) is 0 Å². The van der Waals surface area contributed by atoms with E-state index in [1.54, 1.807) is 55.0 Å². The van der Waals surface area contributed by atoms with Gasteiger partial charge in [0, 0.05) is 23.1 Å². The van der Waals surface area contributed by atoms with Gasteiger partial charge in [-0.3, -0.25) is 4.79 Å². The molecule has 7 heteroatoms. The third-order valence-corrected chi connectivity index (χ3v) is 5.13. The van der Waals surface area contributed by atoms with Gasteiger partial charge in [-0.05, 0) is 53.8 Å². The molecule has 1 amide bonds. The average molecular weight is 435 g/mol. The van der Waals surface area contributed by atoms with Crippen LogP contribution in [-0.2, 0) is 19.0 Å². The normalized spacial score (nSPS) is 11.3. The molecule has 162 valence electrons. The van der Waals surface area contributed by atoms with Crippen LogP contribution in [-0.4, -0.2) is 15.9 Å². The number of carbonyl (C=O) groups is 1. The number of anilines is 1. The summed E-state index contributed by atoms with van der Waals surface area (Å²) < 4.78 is 39.8. The predicted molar refractivity (Wildman–Crippen MR) is 117 cm³/mol.